The minimum absolute atomic E-state index is 0.0283. The number of Topliss-reactive ketones (excluding diaryl/α,β-unsaturated/α-hetero) is 1. The first-order valence-electron chi connectivity index (χ1n) is 4.86. The smallest absolute Gasteiger partial charge is 0.208 e. The summed E-state index contributed by atoms with van der Waals surface area (Å²) in [6.45, 7) is 1.61. The van der Waals surface area contributed by atoms with Gasteiger partial charge in [0.1, 0.15) is 5.78 Å². The van der Waals surface area contributed by atoms with Crippen molar-refractivity contribution in [1.82, 2.24) is 4.72 Å². The fourth-order valence-electron chi connectivity index (χ4n) is 1.92. The van der Waals surface area contributed by atoms with Crippen molar-refractivity contribution in [2.75, 3.05) is 6.26 Å². The average molecular weight is 219 g/mol. The first kappa shape index (κ1) is 11.7. The van der Waals surface area contributed by atoms with E-state index in [2.05, 4.69) is 4.72 Å². The van der Waals surface area contributed by atoms with Crippen molar-refractivity contribution in [3.05, 3.63) is 0 Å². The third kappa shape index (κ3) is 3.75. The van der Waals surface area contributed by atoms with Crippen LogP contribution in [0.1, 0.15) is 32.6 Å². The quantitative estimate of drug-likeness (QED) is 0.759. The second kappa shape index (κ2) is 4.40. The molecule has 0 bridgehead atoms. The van der Waals surface area contributed by atoms with Gasteiger partial charge in [0.05, 0.1) is 6.26 Å². The normalized spacial score (nSPS) is 28.7. The fraction of sp³-hybridized carbons (Fsp3) is 0.889. The lowest BCUT2D eigenvalue weighted by molar-refractivity contribution is -0.121. The summed E-state index contributed by atoms with van der Waals surface area (Å²) in [5.41, 5.74) is 0. The summed E-state index contributed by atoms with van der Waals surface area (Å²) < 4.78 is 24.5. The highest BCUT2D eigenvalue weighted by molar-refractivity contribution is 7.88. The number of ketones is 1. The monoisotopic (exact) mass is 219 g/mol. The summed E-state index contributed by atoms with van der Waals surface area (Å²) in [5.74, 6) is 0.371. The molecular weight excluding hydrogens is 202 g/mol. The highest BCUT2D eigenvalue weighted by atomic mass is 32.2. The molecule has 1 rings (SSSR count). The Hall–Kier alpha value is -0.420. The molecule has 4 nitrogen and oxygen atoms in total. The zero-order chi connectivity index (χ0) is 10.8. The van der Waals surface area contributed by atoms with Gasteiger partial charge in [-0.05, 0) is 32.6 Å². The molecule has 5 heteroatoms. The van der Waals surface area contributed by atoms with Gasteiger partial charge >= 0.3 is 0 Å². The summed E-state index contributed by atoms with van der Waals surface area (Å²) >= 11 is 0. The second-order valence-corrected chi connectivity index (χ2v) is 5.83. The molecule has 0 aromatic heterocycles. The van der Waals surface area contributed by atoms with E-state index in [0.717, 1.165) is 25.7 Å². The van der Waals surface area contributed by atoms with Gasteiger partial charge < -0.3 is 0 Å². The molecule has 0 amide bonds. The van der Waals surface area contributed by atoms with E-state index in [1.807, 2.05) is 0 Å². The minimum atomic E-state index is -3.10. The molecule has 0 heterocycles. The first-order chi connectivity index (χ1) is 6.38. The zero-order valence-electron chi connectivity index (χ0n) is 8.62. The van der Waals surface area contributed by atoms with Crippen LogP contribution in [0.2, 0.25) is 0 Å². The maximum absolute atomic E-state index is 11.1. The summed E-state index contributed by atoms with van der Waals surface area (Å²) in [4.78, 5) is 11.1. The van der Waals surface area contributed by atoms with Crippen LogP contribution in [0.4, 0.5) is 0 Å². The molecule has 14 heavy (non-hydrogen) atoms. The molecule has 1 aliphatic carbocycles. The van der Waals surface area contributed by atoms with Gasteiger partial charge in [0.15, 0.2) is 0 Å². The Morgan fingerprint density at radius 3 is 2.07 bits per heavy atom. The molecule has 1 fully saturated rings. The van der Waals surface area contributed by atoms with Crippen molar-refractivity contribution in [3.63, 3.8) is 0 Å². The van der Waals surface area contributed by atoms with Crippen LogP contribution >= 0.6 is 0 Å². The molecule has 0 unspecified atom stereocenters. The van der Waals surface area contributed by atoms with Gasteiger partial charge in [-0.25, -0.2) is 13.1 Å². The van der Waals surface area contributed by atoms with E-state index in [4.69, 9.17) is 0 Å². The number of carbonyl (C=O) groups is 1. The van der Waals surface area contributed by atoms with E-state index in [-0.39, 0.29) is 17.7 Å². The minimum Gasteiger partial charge on any atom is -0.300 e. The molecule has 1 saturated carbocycles. The first-order valence-corrected chi connectivity index (χ1v) is 6.75. The molecule has 0 aliphatic heterocycles. The molecule has 1 aliphatic rings. The van der Waals surface area contributed by atoms with Crippen LogP contribution in [-0.4, -0.2) is 26.5 Å². The van der Waals surface area contributed by atoms with Gasteiger partial charge in [-0.1, -0.05) is 0 Å². The molecule has 0 radical (unpaired) electrons. The Morgan fingerprint density at radius 2 is 1.71 bits per heavy atom. The van der Waals surface area contributed by atoms with Crippen LogP contribution in [0.25, 0.3) is 0 Å². The second-order valence-electron chi connectivity index (χ2n) is 4.05. The molecule has 82 valence electrons. The molecule has 0 atom stereocenters. The third-order valence-electron chi connectivity index (χ3n) is 2.68. The summed E-state index contributed by atoms with van der Waals surface area (Å²) in [5, 5.41) is 0. The van der Waals surface area contributed by atoms with Gasteiger partial charge in [-0.15, -0.1) is 0 Å². The van der Waals surface area contributed by atoms with Crippen LogP contribution in [0.3, 0.4) is 0 Å². The van der Waals surface area contributed by atoms with E-state index >= 15 is 0 Å². The van der Waals surface area contributed by atoms with Crippen molar-refractivity contribution in [2.45, 2.75) is 38.6 Å². The van der Waals surface area contributed by atoms with Crippen LogP contribution in [0, 0.1) is 5.92 Å². The van der Waals surface area contributed by atoms with Gasteiger partial charge in [0.2, 0.25) is 10.0 Å². The Morgan fingerprint density at radius 1 is 1.21 bits per heavy atom. The summed E-state index contributed by atoms with van der Waals surface area (Å²) in [6.07, 6.45) is 4.34. The zero-order valence-corrected chi connectivity index (χ0v) is 9.43. The van der Waals surface area contributed by atoms with E-state index in [9.17, 15) is 13.2 Å². The number of rotatable bonds is 3. The highest BCUT2D eigenvalue weighted by Gasteiger charge is 2.25. The lowest BCUT2D eigenvalue weighted by Gasteiger charge is -2.26. The van der Waals surface area contributed by atoms with Crippen molar-refractivity contribution < 1.29 is 13.2 Å². The third-order valence-corrected chi connectivity index (χ3v) is 3.44. The number of carbonyl (C=O) groups excluding carboxylic acids is 1. The van der Waals surface area contributed by atoms with E-state index in [1.54, 1.807) is 6.92 Å². The Balaban J connectivity index is 2.40. The Kier molecular flexibility index (Phi) is 3.66. The summed E-state index contributed by atoms with van der Waals surface area (Å²) in [7, 11) is -3.10. The molecule has 0 aromatic rings. The van der Waals surface area contributed by atoms with Gasteiger partial charge in [-0.2, -0.15) is 0 Å². The number of sulfonamides is 1. The van der Waals surface area contributed by atoms with Gasteiger partial charge in [-0.3, -0.25) is 4.79 Å². The maximum atomic E-state index is 11.1. The largest absolute Gasteiger partial charge is 0.300 e. The van der Waals surface area contributed by atoms with Crippen LogP contribution in [0.5, 0.6) is 0 Å². The van der Waals surface area contributed by atoms with E-state index < -0.39 is 10.0 Å². The van der Waals surface area contributed by atoms with Crippen molar-refractivity contribution >= 4 is 15.8 Å². The SMILES string of the molecule is CC(=O)[C@H]1CC[C@H](NS(C)(=O)=O)CC1. The van der Waals surface area contributed by atoms with E-state index in [1.165, 1.54) is 6.26 Å². The lowest BCUT2D eigenvalue weighted by Crippen LogP contribution is -2.37. The maximum Gasteiger partial charge on any atom is 0.208 e. The predicted molar refractivity (Wildman–Crippen MR) is 54.4 cm³/mol. The van der Waals surface area contributed by atoms with Crippen LogP contribution in [0.15, 0.2) is 0 Å². The number of nitrogens with one attached hydrogen (secondary N) is 1. The average Bonchev–Trinajstić information content (AvgIpc) is 2.02. The fourth-order valence-corrected chi connectivity index (χ4v) is 2.76. The summed E-state index contributed by atoms with van der Waals surface area (Å²) in [6, 6.07) is 0.0283. The lowest BCUT2D eigenvalue weighted by atomic mass is 9.84. The van der Waals surface area contributed by atoms with Crippen molar-refractivity contribution in [1.29, 1.82) is 0 Å². The standard InChI is InChI=1S/C9H17NO3S/c1-7(11)8-3-5-9(6-4-8)10-14(2,12)13/h8-10H,3-6H2,1-2H3/t8-,9-. The molecule has 0 saturated heterocycles. The van der Waals surface area contributed by atoms with Crippen molar-refractivity contribution in [3.8, 4) is 0 Å². The predicted octanol–water partition coefficient (Wildman–Crippen LogP) is 0.683. The molecular formula is C9H17NO3S. The highest BCUT2D eigenvalue weighted by Crippen LogP contribution is 2.25. The molecule has 0 aromatic carbocycles. The number of hydrogen-bond donors (Lipinski definition) is 1. The topological polar surface area (TPSA) is 63.2 Å². The van der Waals surface area contributed by atoms with Gasteiger partial charge in [0, 0.05) is 12.0 Å². The van der Waals surface area contributed by atoms with Crippen LogP contribution in [-0.2, 0) is 14.8 Å². The van der Waals surface area contributed by atoms with Crippen molar-refractivity contribution in [2.24, 2.45) is 5.92 Å². The Bertz CT molecular complexity index is 302. The number of hydrogen-bond acceptors (Lipinski definition) is 3. The molecule has 1 N–H and O–H groups in total. The molecule has 0 spiro atoms. The van der Waals surface area contributed by atoms with Crippen LogP contribution < -0.4 is 4.72 Å². The van der Waals surface area contributed by atoms with Gasteiger partial charge in [0.25, 0.3) is 0 Å². The Labute approximate surface area is 85.1 Å². The van der Waals surface area contributed by atoms with E-state index in [0.29, 0.717) is 0 Å².